The molecule has 4 nitrogen and oxygen atoms in total. The van der Waals surface area contributed by atoms with Crippen LogP contribution in [0.3, 0.4) is 0 Å². The van der Waals surface area contributed by atoms with Gasteiger partial charge in [0.2, 0.25) is 0 Å². The molecule has 108 valence electrons. The van der Waals surface area contributed by atoms with Crippen molar-refractivity contribution in [3.05, 3.63) is 17.5 Å². The van der Waals surface area contributed by atoms with E-state index in [1.54, 1.807) is 0 Å². The van der Waals surface area contributed by atoms with E-state index in [0.717, 1.165) is 44.3 Å². The Morgan fingerprint density at radius 2 is 2.05 bits per heavy atom. The van der Waals surface area contributed by atoms with Crippen molar-refractivity contribution in [3.63, 3.8) is 0 Å². The van der Waals surface area contributed by atoms with E-state index in [0.29, 0.717) is 25.2 Å². The van der Waals surface area contributed by atoms with Crippen LogP contribution in [0, 0.1) is 5.92 Å². The Balaban J connectivity index is 1.83. The highest BCUT2D eigenvalue weighted by Gasteiger charge is 2.21. The van der Waals surface area contributed by atoms with Crippen molar-refractivity contribution in [2.75, 3.05) is 6.61 Å². The monoisotopic (exact) mass is 266 g/mol. The molecule has 1 aliphatic carbocycles. The van der Waals surface area contributed by atoms with Crippen LogP contribution in [0.2, 0.25) is 0 Å². The summed E-state index contributed by atoms with van der Waals surface area (Å²) in [5, 5.41) is 13.7. The fraction of sp³-hybridized carbons (Fsp3) is 0.800. The molecule has 0 aromatic carbocycles. The second kappa shape index (κ2) is 7.06. The smallest absolute Gasteiger partial charge is 0.0888 e. The Labute approximate surface area is 115 Å². The number of nitrogens with zero attached hydrogens (tertiary/aromatic N) is 2. The summed E-state index contributed by atoms with van der Waals surface area (Å²) in [5.41, 5.74) is 2.33. The molecule has 1 aromatic rings. The zero-order valence-electron chi connectivity index (χ0n) is 12.1. The average Bonchev–Trinajstić information content (AvgIpc) is 2.88. The molecule has 0 saturated heterocycles. The number of aromatic nitrogens is 2. The fourth-order valence-electron chi connectivity index (χ4n) is 2.76. The van der Waals surface area contributed by atoms with Crippen molar-refractivity contribution in [1.29, 1.82) is 0 Å². The summed E-state index contributed by atoms with van der Waals surface area (Å²) < 4.78 is 8.06. The molecule has 0 atom stereocenters. The molecule has 0 aliphatic heterocycles. The zero-order valence-corrected chi connectivity index (χ0v) is 12.1. The van der Waals surface area contributed by atoms with Crippen molar-refractivity contribution in [2.24, 2.45) is 5.92 Å². The first-order valence-corrected chi connectivity index (χ1v) is 7.54. The number of hydrogen-bond donors (Lipinski definition) is 1. The zero-order chi connectivity index (χ0) is 13.7. The van der Waals surface area contributed by atoms with Gasteiger partial charge in [-0.05, 0) is 51.0 Å². The van der Waals surface area contributed by atoms with Gasteiger partial charge in [0.1, 0.15) is 0 Å². The molecule has 2 rings (SSSR count). The van der Waals surface area contributed by atoms with Gasteiger partial charge >= 0.3 is 0 Å². The molecule has 1 aromatic heterocycles. The number of aliphatic hydroxyl groups is 1. The Bertz CT molecular complexity index is 381. The van der Waals surface area contributed by atoms with E-state index >= 15 is 0 Å². The molecule has 1 N–H and O–H groups in total. The molecule has 1 heterocycles. The highest BCUT2D eigenvalue weighted by atomic mass is 16.5. The van der Waals surface area contributed by atoms with Crippen LogP contribution in [0.4, 0.5) is 0 Å². The molecule has 1 saturated carbocycles. The second-order valence-corrected chi connectivity index (χ2v) is 5.43. The lowest BCUT2D eigenvalue weighted by atomic mass is 9.88. The van der Waals surface area contributed by atoms with Crippen molar-refractivity contribution < 1.29 is 9.84 Å². The van der Waals surface area contributed by atoms with Gasteiger partial charge in [-0.2, -0.15) is 5.10 Å². The molecule has 1 fully saturated rings. The minimum Gasteiger partial charge on any atom is -0.396 e. The van der Waals surface area contributed by atoms with E-state index in [-0.39, 0.29) is 0 Å². The van der Waals surface area contributed by atoms with Gasteiger partial charge in [0, 0.05) is 13.2 Å². The van der Waals surface area contributed by atoms with E-state index in [1.807, 2.05) is 4.68 Å². The molecule has 0 bridgehead atoms. The number of rotatable bonds is 6. The predicted octanol–water partition coefficient (Wildman–Crippen LogP) is 2.53. The van der Waals surface area contributed by atoms with E-state index < -0.39 is 0 Å². The summed E-state index contributed by atoms with van der Waals surface area (Å²) >= 11 is 0. The summed E-state index contributed by atoms with van der Waals surface area (Å²) in [6, 6.07) is 2.16. The molecular formula is C15H26N2O2. The molecule has 1 aliphatic rings. The van der Waals surface area contributed by atoms with Gasteiger partial charge in [-0.3, -0.25) is 4.68 Å². The van der Waals surface area contributed by atoms with Crippen molar-refractivity contribution in [3.8, 4) is 0 Å². The number of aliphatic hydroxyl groups excluding tert-OH is 1. The van der Waals surface area contributed by atoms with Gasteiger partial charge in [0.25, 0.3) is 0 Å². The van der Waals surface area contributed by atoms with Crippen LogP contribution in [0.15, 0.2) is 6.07 Å². The molecule has 0 amide bonds. The normalized spacial score (nSPS) is 23.7. The van der Waals surface area contributed by atoms with Crippen molar-refractivity contribution >= 4 is 0 Å². The predicted molar refractivity (Wildman–Crippen MR) is 74.9 cm³/mol. The minimum absolute atomic E-state index is 0.329. The van der Waals surface area contributed by atoms with Crippen LogP contribution in [0.5, 0.6) is 0 Å². The summed E-state index contributed by atoms with van der Waals surface area (Å²) in [6.07, 6.45) is 5.66. The lowest BCUT2D eigenvalue weighted by Gasteiger charge is -2.27. The maximum Gasteiger partial charge on any atom is 0.0888 e. The quantitative estimate of drug-likeness (QED) is 0.860. The highest BCUT2D eigenvalue weighted by Crippen LogP contribution is 2.26. The van der Waals surface area contributed by atoms with Gasteiger partial charge in [-0.1, -0.05) is 6.92 Å². The first kappa shape index (κ1) is 14.5. The molecule has 4 heteroatoms. The van der Waals surface area contributed by atoms with Crippen LogP contribution in [-0.2, 0) is 24.3 Å². The highest BCUT2D eigenvalue weighted by molar-refractivity contribution is 5.09. The number of hydrogen-bond acceptors (Lipinski definition) is 3. The topological polar surface area (TPSA) is 47.3 Å². The van der Waals surface area contributed by atoms with Crippen molar-refractivity contribution in [1.82, 2.24) is 9.78 Å². The summed E-state index contributed by atoms with van der Waals surface area (Å²) in [7, 11) is 0. The summed E-state index contributed by atoms with van der Waals surface area (Å²) in [4.78, 5) is 0. The average molecular weight is 266 g/mol. The summed E-state index contributed by atoms with van der Waals surface area (Å²) in [5.74, 6) is 0.493. The standard InChI is InChI=1S/C15H26N2O2/c1-3-13-9-14(17(4-2)16-13)11-19-15-7-5-12(10-18)6-8-15/h9,12,15,18H,3-8,10-11H2,1-2H3. The SMILES string of the molecule is CCc1cc(COC2CCC(CO)CC2)n(CC)n1. The van der Waals surface area contributed by atoms with E-state index in [1.165, 1.54) is 5.69 Å². The Hall–Kier alpha value is -0.870. The largest absolute Gasteiger partial charge is 0.396 e. The molecule has 0 spiro atoms. The maximum atomic E-state index is 9.13. The molecule has 0 unspecified atom stereocenters. The van der Waals surface area contributed by atoms with Crippen LogP contribution in [0.1, 0.15) is 50.9 Å². The summed E-state index contributed by atoms with van der Waals surface area (Å²) in [6.45, 7) is 6.13. The Morgan fingerprint density at radius 1 is 1.32 bits per heavy atom. The lowest BCUT2D eigenvalue weighted by Crippen LogP contribution is -2.23. The third-order valence-electron chi connectivity index (χ3n) is 4.09. The third-order valence-corrected chi connectivity index (χ3v) is 4.09. The fourth-order valence-corrected chi connectivity index (χ4v) is 2.76. The first-order valence-electron chi connectivity index (χ1n) is 7.54. The van der Waals surface area contributed by atoms with Gasteiger partial charge in [0.15, 0.2) is 0 Å². The van der Waals surface area contributed by atoms with Crippen molar-refractivity contribution in [2.45, 2.75) is 65.2 Å². The van der Waals surface area contributed by atoms with E-state index in [2.05, 4.69) is 25.0 Å². The van der Waals surface area contributed by atoms with E-state index in [9.17, 15) is 0 Å². The molecule has 0 radical (unpaired) electrons. The lowest BCUT2D eigenvalue weighted by molar-refractivity contribution is -0.00154. The Morgan fingerprint density at radius 3 is 2.63 bits per heavy atom. The Kier molecular flexibility index (Phi) is 5.40. The van der Waals surface area contributed by atoms with Gasteiger partial charge in [-0.25, -0.2) is 0 Å². The maximum absolute atomic E-state index is 9.13. The molecule has 19 heavy (non-hydrogen) atoms. The van der Waals surface area contributed by atoms with Gasteiger partial charge in [0.05, 0.1) is 24.1 Å². The van der Waals surface area contributed by atoms with Crippen LogP contribution >= 0.6 is 0 Å². The second-order valence-electron chi connectivity index (χ2n) is 5.43. The van der Waals surface area contributed by atoms with E-state index in [4.69, 9.17) is 9.84 Å². The van der Waals surface area contributed by atoms with Gasteiger partial charge < -0.3 is 9.84 Å². The van der Waals surface area contributed by atoms with Crippen LogP contribution in [0.25, 0.3) is 0 Å². The molecular weight excluding hydrogens is 240 g/mol. The first-order chi connectivity index (χ1) is 9.26. The van der Waals surface area contributed by atoms with Crippen LogP contribution in [-0.4, -0.2) is 27.6 Å². The minimum atomic E-state index is 0.329. The third kappa shape index (κ3) is 3.80. The number of ether oxygens (including phenoxy) is 1. The number of aryl methyl sites for hydroxylation is 2. The van der Waals surface area contributed by atoms with Crippen LogP contribution < -0.4 is 0 Å². The van der Waals surface area contributed by atoms with Gasteiger partial charge in [-0.15, -0.1) is 0 Å².